The van der Waals surface area contributed by atoms with E-state index in [1.165, 1.54) is 0 Å². The summed E-state index contributed by atoms with van der Waals surface area (Å²) in [4.78, 5) is 21.6. The van der Waals surface area contributed by atoms with E-state index in [9.17, 15) is 4.79 Å². The molecule has 1 aromatic rings. The molecule has 3 heterocycles. The van der Waals surface area contributed by atoms with Crippen LogP contribution in [-0.4, -0.2) is 54.6 Å². The van der Waals surface area contributed by atoms with Crippen molar-refractivity contribution in [2.45, 2.75) is 32.7 Å². The van der Waals surface area contributed by atoms with Gasteiger partial charge in [-0.1, -0.05) is 0 Å². The van der Waals surface area contributed by atoms with Gasteiger partial charge in [0.1, 0.15) is 0 Å². The molecule has 0 bridgehead atoms. The van der Waals surface area contributed by atoms with Crippen molar-refractivity contribution in [3.63, 3.8) is 0 Å². The lowest BCUT2D eigenvalue weighted by atomic mass is 9.94. The quantitative estimate of drug-likeness (QED) is 0.899. The first-order valence-electron chi connectivity index (χ1n) is 7.83. The molecule has 0 spiro atoms. The molecule has 6 heteroatoms. The SMILES string of the molecule is Cc1csc(N2CCC(C(=O)N3CCNC[C@H]3C)CC2)n1. The zero-order valence-corrected chi connectivity index (χ0v) is 13.7. The zero-order valence-electron chi connectivity index (χ0n) is 12.8. The van der Waals surface area contributed by atoms with Crippen molar-refractivity contribution in [3.05, 3.63) is 11.1 Å². The van der Waals surface area contributed by atoms with E-state index in [0.717, 1.165) is 56.4 Å². The second-order valence-electron chi connectivity index (χ2n) is 6.12. The first-order valence-corrected chi connectivity index (χ1v) is 8.71. The normalized spacial score (nSPS) is 24.4. The Morgan fingerprint density at radius 3 is 2.76 bits per heavy atom. The van der Waals surface area contributed by atoms with Gasteiger partial charge in [0.15, 0.2) is 5.13 Å². The van der Waals surface area contributed by atoms with Crippen LogP contribution in [0.15, 0.2) is 5.38 Å². The van der Waals surface area contributed by atoms with Crippen LogP contribution < -0.4 is 10.2 Å². The standard InChI is InChI=1S/C15H24N4OS/c1-11-10-21-15(17-11)18-6-3-13(4-7-18)14(20)19-8-5-16-9-12(19)2/h10,12-13,16H,3-9H2,1-2H3/t12-/m1/s1. The summed E-state index contributed by atoms with van der Waals surface area (Å²) in [6.07, 6.45) is 1.90. The minimum absolute atomic E-state index is 0.197. The van der Waals surface area contributed by atoms with Crippen LogP contribution in [0.1, 0.15) is 25.5 Å². The number of nitrogens with zero attached hydrogens (tertiary/aromatic N) is 3. The molecule has 1 atom stereocenters. The minimum Gasteiger partial charge on any atom is -0.348 e. The average molecular weight is 308 g/mol. The van der Waals surface area contributed by atoms with E-state index in [1.54, 1.807) is 11.3 Å². The minimum atomic E-state index is 0.197. The molecule has 1 N–H and O–H groups in total. The van der Waals surface area contributed by atoms with Gasteiger partial charge in [0.2, 0.25) is 5.91 Å². The monoisotopic (exact) mass is 308 g/mol. The van der Waals surface area contributed by atoms with E-state index in [0.29, 0.717) is 11.9 Å². The van der Waals surface area contributed by atoms with Gasteiger partial charge in [-0.05, 0) is 26.7 Å². The molecule has 0 aliphatic carbocycles. The molecule has 1 amide bonds. The highest BCUT2D eigenvalue weighted by molar-refractivity contribution is 7.13. The molecular weight excluding hydrogens is 284 g/mol. The zero-order chi connectivity index (χ0) is 14.8. The van der Waals surface area contributed by atoms with Crippen molar-refractivity contribution in [1.82, 2.24) is 15.2 Å². The molecule has 2 aliphatic heterocycles. The summed E-state index contributed by atoms with van der Waals surface area (Å²) in [5, 5.41) is 6.54. The van der Waals surface area contributed by atoms with E-state index in [1.807, 2.05) is 6.92 Å². The van der Waals surface area contributed by atoms with E-state index in [4.69, 9.17) is 0 Å². The molecule has 0 unspecified atom stereocenters. The van der Waals surface area contributed by atoms with Crippen LogP contribution in [0.4, 0.5) is 5.13 Å². The number of carbonyl (C=O) groups is 1. The number of piperidine rings is 1. The highest BCUT2D eigenvalue weighted by Crippen LogP contribution is 2.27. The number of aryl methyl sites for hydroxylation is 1. The van der Waals surface area contributed by atoms with Crippen LogP contribution in [0, 0.1) is 12.8 Å². The number of rotatable bonds is 2. The van der Waals surface area contributed by atoms with Crippen molar-refractivity contribution in [2.24, 2.45) is 5.92 Å². The van der Waals surface area contributed by atoms with Gasteiger partial charge in [-0.15, -0.1) is 11.3 Å². The molecule has 3 rings (SSSR count). The van der Waals surface area contributed by atoms with Crippen molar-refractivity contribution in [3.8, 4) is 0 Å². The Kier molecular flexibility index (Phi) is 4.45. The molecule has 0 aromatic carbocycles. The maximum absolute atomic E-state index is 12.7. The van der Waals surface area contributed by atoms with Crippen molar-refractivity contribution < 1.29 is 4.79 Å². The number of aromatic nitrogens is 1. The summed E-state index contributed by atoms with van der Waals surface area (Å²) >= 11 is 1.71. The van der Waals surface area contributed by atoms with Crippen LogP contribution in [0.5, 0.6) is 0 Å². The highest BCUT2D eigenvalue weighted by atomic mass is 32.1. The third-order valence-electron chi connectivity index (χ3n) is 4.51. The first-order chi connectivity index (χ1) is 10.1. The Hall–Kier alpha value is -1.14. The Bertz CT molecular complexity index is 496. The van der Waals surface area contributed by atoms with E-state index >= 15 is 0 Å². The second-order valence-corrected chi connectivity index (χ2v) is 6.95. The maximum atomic E-state index is 12.7. The molecule has 5 nitrogen and oxygen atoms in total. The van der Waals surface area contributed by atoms with Crippen molar-refractivity contribution in [1.29, 1.82) is 0 Å². The van der Waals surface area contributed by atoms with Crippen LogP contribution in [-0.2, 0) is 4.79 Å². The van der Waals surface area contributed by atoms with Gasteiger partial charge in [-0.2, -0.15) is 0 Å². The number of nitrogens with one attached hydrogen (secondary N) is 1. The topological polar surface area (TPSA) is 48.5 Å². The Morgan fingerprint density at radius 1 is 1.38 bits per heavy atom. The Balaban J connectivity index is 1.56. The lowest BCUT2D eigenvalue weighted by molar-refractivity contribution is -0.139. The smallest absolute Gasteiger partial charge is 0.226 e. The van der Waals surface area contributed by atoms with Crippen LogP contribution in [0.3, 0.4) is 0 Å². The fourth-order valence-electron chi connectivity index (χ4n) is 3.21. The number of carbonyl (C=O) groups excluding carboxylic acids is 1. The lowest BCUT2D eigenvalue weighted by Gasteiger charge is -2.39. The van der Waals surface area contributed by atoms with Gasteiger partial charge in [0.25, 0.3) is 0 Å². The maximum Gasteiger partial charge on any atom is 0.226 e. The number of piperazine rings is 1. The molecule has 0 radical (unpaired) electrons. The predicted molar refractivity (Wildman–Crippen MR) is 85.8 cm³/mol. The van der Waals surface area contributed by atoms with Gasteiger partial charge in [-0.25, -0.2) is 4.98 Å². The van der Waals surface area contributed by atoms with Crippen LogP contribution >= 0.6 is 11.3 Å². The molecule has 116 valence electrons. The van der Waals surface area contributed by atoms with Crippen molar-refractivity contribution >= 4 is 22.4 Å². The van der Waals surface area contributed by atoms with Gasteiger partial charge in [0, 0.05) is 50.1 Å². The van der Waals surface area contributed by atoms with E-state index < -0.39 is 0 Å². The molecule has 2 saturated heterocycles. The summed E-state index contributed by atoms with van der Waals surface area (Å²) in [7, 11) is 0. The molecule has 2 aliphatic rings. The van der Waals surface area contributed by atoms with Crippen LogP contribution in [0.25, 0.3) is 0 Å². The summed E-state index contributed by atoms with van der Waals surface area (Å²) < 4.78 is 0. The summed E-state index contributed by atoms with van der Waals surface area (Å²) in [6.45, 7) is 8.76. The van der Waals surface area contributed by atoms with Gasteiger partial charge in [-0.3, -0.25) is 4.79 Å². The number of anilines is 1. The molecular formula is C15H24N4OS. The lowest BCUT2D eigenvalue weighted by Crippen LogP contribution is -2.54. The van der Waals surface area contributed by atoms with E-state index in [2.05, 4.69) is 32.4 Å². The van der Waals surface area contributed by atoms with Gasteiger partial charge in [0.05, 0.1) is 5.69 Å². The third-order valence-corrected chi connectivity index (χ3v) is 5.53. The van der Waals surface area contributed by atoms with E-state index in [-0.39, 0.29) is 5.92 Å². The fraction of sp³-hybridized carbons (Fsp3) is 0.733. The molecule has 1 aromatic heterocycles. The Labute approximate surface area is 130 Å². The second kappa shape index (κ2) is 6.32. The molecule has 21 heavy (non-hydrogen) atoms. The Morgan fingerprint density at radius 2 is 2.14 bits per heavy atom. The number of amides is 1. The molecule has 2 fully saturated rings. The fourth-order valence-corrected chi connectivity index (χ4v) is 4.06. The van der Waals surface area contributed by atoms with Gasteiger partial charge < -0.3 is 15.1 Å². The summed E-state index contributed by atoms with van der Waals surface area (Å²) in [5.74, 6) is 0.557. The number of hydrogen-bond donors (Lipinski definition) is 1. The van der Waals surface area contributed by atoms with Crippen LogP contribution in [0.2, 0.25) is 0 Å². The predicted octanol–water partition coefficient (Wildman–Crippen LogP) is 1.49. The van der Waals surface area contributed by atoms with Gasteiger partial charge >= 0.3 is 0 Å². The highest BCUT2D eigenvalue weighted by Gasteiger charge is 2.32. The number of hydrogen-bond acceptors (Lipinski definition) is 5. The third kappa shape index (κ3) is 3.21. The number of thiazole rings is 1. The summed E-state index contributed by atoms with van der Waals surface area (Å²) in [5.41, 5.74) is 1.09. The molecule has 0 saturated carbocycles. The first kappa shape index (κ1) is 14.8. The average Bonchev–Trinajstić information content (AvgIpc) is 2.94. The van der Waals surface area contributed by atoms with Crippen molar-refractivity contribution in [2.75, 3.05) is 37.6 Å². The summed E-state index contributed by atoms with van der Waals surface area (Å²) in [6, 6.07) is 0.325. The largest absolute Gasteiger partial charge is 0.348 e.